The summed E-state index contributed by atoms with van der Waals surface area (Å²) in [5.74, 6) is 1.83. The topological polar surface area (TPSA) is 41.1 Å². The van der Waals surface area contributed by atoms with Crippen LogP contribution in [0.2, 0.25) is 0 Å². The van der Waals surface area contributed by atoms with Gasteiger partial charge in [-0.25, -0.2) is 4.98 Å². The Morgan fingerprint density at radius 2 is 2.38 bits per heavy atom. The maximum absolute atomic E-state index is 4.60. The van der Waals surface area contributed by atoms with Crippen LogP contribution in [0.4, 0.5) is 11.8 Å². The Bertz CT molecular complexity index is 364. The standard InChI is InChI=1S/C12H20N4/c1-4-13-12-14-8-9(2)11(15-12)16-7-5-6-10(16)3/h8,10H,4-7H2,1-3H3,(H,13,14,15). The molecule has 2 rings (SSSR count). The first-order valence-electron chi connectivity index (χ1n) is 6.06. The van der Waals surface area contributed by atoms with E-state index in [1.807, 2.05) is 6.20 Å². The van der Waals surface area contributed by atoms with Gasteiger partial charge in [0.2, 0.25) is 5.95 Å². The van der Waals surface area contributed by atoms with Crippen molar-refractivity contribution < 1.29 is 0 Å². The molecule has 0 amide bonds. The van der Waals surface area contributed by atoms with Gasteiger partial charge in [-0.3, -0.25) is 0 Å². The number of aromatic nitrogens is 2. The van der Waals surface area contributed by atoms with Crippen molar-refractivity contribution in [3.63, 3.8) is 0 Å². The van der Waals surface area contributed by atoms with E-state index < -0.39 is 0 Å². The molecule has 1 aliphatic rings. The molecule has 1 atom stereocenters. The van der Waals surface area contributed by atoms with Gasteiger partial charge in [0.25, 0.3) is 0 Å². The summed E-state index contributed by atoms with van der Waals surface area (Å²) in [6, 6.07) is 0.600. The maximum Gasteiger partial charge on any atom is 0.224 e. The molecule has 0 saturated carbocycles. The third-order valence-corrected chi connectivity index (χ3v) is 3.10. The summed E-state index contributed by atoms with van der Waals surface area (Å²) in [5.41, 5.74) is 1.16. The van der Waals surface area contributed by atoms with E-state index >= 15 is 0 Å². The smallest absolute Gasteiger partial charge is 0.224 e. The summed E-state index contributed by atoms with van der Waals surface area (Å²) >= 11 is 0. The predicted molar refractivity (Wildman–Crippen MR) is 67.0 cm³/mol. The lowest BCUT2D eigenvalue weighted by Crippen LogP contribution is -2.28. The normalized spacial score (nSPS) is 20.2. The van der Waals surface area contributed by atoms with Crippen LogP contribution < -0.4 is 10.2 Å². The fourth-order valence-electron chi connectivity index (χ4n) is 2.22. The highest BCUT2D eigenvalue weighted by molar-refractivity contribution is 5.50. The van der Waals surface area contributed by atoms with Gasteiger partial charge < -0.3 is 10.2 Å². The third-order valence-electron chi connectivity index (χ3n) is 3.10. The quantitative estimate of drug-likeness (QED) is 0.848. The van der Waals surface area contributed by atoms with E-state index in [4.69, 9.17) is 0 Å². The van der Waals surface area contributed by atoms with Crippen molar-refractivity contribution in [2.75, 3.05) is 23.3 Å². The van der Waals surface area contributed by atoms with E-state index in [0.717, 1.165) is 30.4 Å². The lowest BCUT2D eigenvalue weighted by atomic mass is 10.2. The van der Waals surface area contributed by atoms with E-state index in [1.165, 1.54) is 12.8 Å². The van der Waals surface area contributed by atoms with Gasteiger partial charge >= 0.3 is 0 Å². The van der Waals surface area contributed by atoms with Gasteiger partial charge in [0, 0.05) is 30.9 Å². The molecule has 16 heavy (non-hydrogen) atoms. The molecule has 0 radical (unpaired) electrons. The van der Waals surface area contributed by atoms with E-state index in [-0.39, 0.29) is 0 Å². The molecule has 1 saturated heterocycles. The Kier molecular flexibility index (Phi) is 3.27. The summed E-state index contributed by atoms with van der Waals surface area (Å²) in [7, 11) is 0. The molecule has 1 fully saturated rings. The molecule has 1 N–H and O–H groups in total. The zero-order valence-electron chi connectivity index (χ0n) is 10.3. The number of hydrogen-bond acceptors (Lipinski definition) is 4. The van der Waals surface area contributed by atoms with Gasteiger partial charge in [0.1, 0.15) is 5.82 Å². The Labute approximate surface area is 97.1 Å². The summed E-state index contributed by atoms with van der Waals surface area (Å²) < 4.78 is 0. The van der Waals surface area contributed by atoms with Gasteiger partial charge in [-0.05, 0) is 33.6 Å². The number of rotatable bonds is 3. The average Bonchev–Trinajstić information content (AvgIpc) is 2.68. The van der Waals surface area contributed by atoms with Crippen LogP contribution in [-0.2, 0) is 0 Å². The lowest BCUT2D eigenvalue weighted by molar-refractivity contribution is 0.724. The minimum atomic E-state index is 0.600. The van der Waals surface area contributed by atoms with Crippen molar-refractivity contribution in [3.8, 4) is 0 Å². The first-order valence-corrected chi connectivity index (χ1v) is 6.06. The molecule has 1 aromatic rings. The molecule has 1 aliphatic heterocycles. The zero-order valence-corrected chi connectivity index (χ0v) is 10.3. The Morgan fingerprint density at radius 1 is 1.56 bits per heavy atom. The average molecular weight is 220 g/mol. The summed E-state index contributed by atoms with van der Waals surface area (Å²) in [6.45, 7) is 8.38. The van der Waals surface area contributed by atoms with Crippen LogP contribution >= 0.6 is 0 Å². The van der Waals surface area contributed by atoms with Crippen LogP contribution in [0.5, 0.6) is 0 Å². The molecule has 0 bridgehead atoms. The van der Waals surface area contributed by atoms with E-state index in [0.29, 0.717) is 6.04 Å². The minimum Gasteiger partial charge on any atom is -0.354 e. The lowest BCUT2D eigenvalue weighted by Gasteiger charge is -2.24. The fourth-order valence-corrected chi connectivity index (χ4v) is 2.22. The van der Waals surface area contributed by atoms with E-state index in [2.05, 4.69) is 41.0 Å². The number of anilines is 2. The highest BCUT2D eigenvalue weighted by Crippen LogP contribution is 2.26. The van der Waals surface area contributed by atoms with Crippen molar-refractivity contribution in [3.05, 3.63) is 11.8 Å². The van der Waals surface area contributed by atoms with Gasteiger partial charge in [-0.1, -0.05) is 0 Å². The van der Waals surface area contributed by atoms with Crippen LogP contribution in [0.3, 0.4) is 0 Å². The third kappa shape index (κ3) is 2.10. The van der Waals surface area contributed by atoms with Gasteiger partial charge in [0.05, 0.1) is 0 Å². The maximum atomic E-state index is 4.60. The summed E-state index contributed by atoms with van der Waals surface area (Å²) in [5, 5.41) is 3.16. The van der Waals surface area contributed by atoms with Gasteiger partial charge in [-0.2, -0.15) is 4.98 Å². The molecule has 1 aromatic heterocycles. The molecular formula is C12H20N4. The van der Waals surface area contributed by atoms with Gasteiger partial charge in [0.15, 0.2) is 0 Å². The van der Waals surface area contributed by atoms with Gasteiger partial charge in [-0.15, -0.1) is 0 Å². The highest BCUT2D eigenvalue weighted by Gasteiger charge is 2.23. The zero-order chi connectivity index (χ0) is 11.5. The monoisotopic (exact) mass is 220 g/mol. The van der Waals surface area contributed by atoms with Crippen LogP contribution in [0.1, 0.15) is 32.3 Å². The van der Waals surface area contributed by atoms with Crippen molar-refractivity contribution in [1.82, 2.24) is 9.97 Å². The molecule has 0 aromatic carbocycles. The number of nitrogens with one attached hydrogen (secondary N) is 1. The van der Waals surface area contributed by atoms with Crippen LogP contribution in [0.25, 0.3) is 0 Å². The van der Waals surface area contributed by atoms with Crippen LogP contribution in [-0.4, -0.2) is 29.1 Å². The molecule has 4 nitrogen and oxygen atoms in total. The number of hydrogen-bond donors (Lipinski definition) is 1. The predicted octanol–water partition coefficient (Wildman–Crippen LogP) is 2.21. The van der Waals surface area contributed by atoms with Crippen molar-refractivity contribution in [2.45, 2.75) is 39.7 Å². The van der Waals surface area contributed by atoms with E-state index in [1.54, 1.807) is 0 Å². The van der Waals surface area contributed by atoms with Crippen LogP contribution in [0, 0.1) is 6.92 Å². The first kappa shape index (κ1) is 11.2. The van der Waals surface area contributed by atoms with Crippen molar-refractivity contribution in [2.24, 2.45) is 0 Å². The van der Waals surface area contributed by atoms with Crippen molar-refractivity contribution in [1.29, 1.82) is 0 Å². The summed E-state index contributed by atoms with van der Waals surface area (Å²) in [6.07, 6.45) is 4.44. The highest BCUT2D eigenvalue weighted by atomic mass is 15.3. The van der Waals surface area contributed by atoms with Crippen LogP contribution in [0.15, 0.2) is 6.20 Å². The SMILES string of the molecule is CCNc1ncc(C)c(N2CCCC2C)n1. The molecule has 0 aliphatic carbocycles. The second-order valence-corrected chi connectivity index (χ2v) is 4.42. The molecule has 0 spiro atoms. The largest absolute Gasteiger partial charge is 0.354 e. The fraction of sp³-hybridized carbons (Fsp3) is 0.667. The number of nitrogens with zero attached hydrogens (tertiary/aromatic N) is 3. The first-order chi connectivity index (χ1) is 7.72. The second-order valence-electron chi connectivity index (χ2n) is 4.42. The molecular weight excluding hydrogens is 200 g/mol. The Balaban J connectivity index is 2.27. The Hall–Kier alpha value is -1.32. The second kappa shape index (κ2) is 4.68. The van der Waals surface area contributed by atoms with E-state index in [9.17, 15) is 0 Å². The summed E-state index contributed by atoms with van der Waals surface area (Å²) in [4.78, 5) is 11.3. The molecule has 88 valence electrons. The van der Waals surface area contributed by atoms with Crippen molar-refractivity contribution >= 4 is 11.8 Å². The molecule has 1 unspecified atom stereocenters. The Morgan fingerprint density at radius 3 is 3.00 bits per heavy atom. The molecule has 2 heterocycles. The molecule has 4 heteroatoms. The number of aryl methyl sites for hydroxylation is 1. The minimum absolute atomic E-state index is 0.600.